The fourth-order valence-electron chi connectivity index (χ4n) is 0.660. The van der Waals surface area contributed by atoms with Crippen LogP contribution in [0.15, 0.2) is 0 Å². The molecule has 0 heterocycles. The summed E-state index contributed by atoms with van der Waals surface area (Å²) in [4.78, 5) is 22.9. The summed E-state index contributed by atoms with van der Waals surface area (Å²) in [5.74, 6) is -1.43. The lowest BCUT2D eigenvalue weighted by Gasteiger charge is -2.20. The summed E-state index contributed by atoms with van der Waals surface area (Å²) in [5, 5.41) is 0. The lowest BCUT2D eigenvalue weighted by atomic mass is 9.97. The second-order valence-corrected chi connectivity index (χ2v) is 6.75. The number of esters is 1. The van der Waals surface area contributed by atoms with Crippen LogP contribution in [0.3, 0.4) is 0 Å². The largest absolute Gasteiger partial charge is 0.450 e. The highest BCUT2D eigenvalue weighted by Crippen LogP contribution is 2.43. The van der Waals surface area contributed by atoms with Gasteiger partial charge in [-0.3, -0.25) is 4.79 Å². The predicted octanol–water partition coefficient (Wildman–Crippen LogP) is 1.98. The maximum absolute atomic E-state index is 11.5. The van der Waals surface area contributed by atoms with Gasteiger partial charge < -0.3 is 13.8 Å². The first-order valence-electron chi connectivity index (χ1n) is 5.07. The average Bonchev–Trinajstić information content (AvgIpc) is 2.15. The summed E-state index contributed by atoms with van der Waals surface area (Å²) in [7, 11) is -2.24. The number of hydrogen-bond acceptors (Lipinski definition) is 6. The molecule has 0 saturated carbocycles. The zero-order valence-corrected chi connectivity index (χ0v) is 11.9. The van der Waals surface area contributed by atoms with Gasteiger partial charge in [-0.1, -0.05) is 0 Å². The van der Waals surface area contributed by atoms with Crippen LogP contribution in [0, 0.1) is 5.41 Å². The Morgan fingerprint density at radius 2 is 1.71 bits per heavy atom. The van der Waals surface area contributed by atoms with E-state index in [4.69, 9.17) is 4.74 Å². The fraction of sp³-hybridized carbons (Fsp3) is 0.800. The van der Waals surface area contributed by atoms with Crippen molar-refractivity contribution in [3.8, 4) is 0 Å². The molecule has 2 atom stereocenters. The third-order valence-electron chi connectivity index (χ3n) is 1.82. The van der Waals surface area contributed by atoms with Crippen LogP contribution < -0.4 is 0 Å². The van der Waals surface area contributed by atoms with Gasteiger partial charge in [-0.15, -0.1) is 0 Å². The molecule has 0 aliphatic carbocycles. The van der Waals surface area contributed by atoms with E-state index in [0.29, 0.717) is 0 Å². The molecular formula is C10H19O6P. The van der Waals surface area contributed by atoms with Crippen LogP contribution in [-0.4, -0.2) is 31.8 Å². The van der Waals surface area contributed by atoms with Crippen molar-refractivity contribution in [1.82, 2.24) is 0 Å². The maximum atomic E-state index is 11.5. The van der Waals surface area contributed by atoms with Crippen LogP contribution in [0.4, 0.5) is 0 Å². The Morgan fingerprint density at radius 3 is 2.06 bits per heavy atom. The zero-order valence-electron chi connectivity index (χ0n) is 11.0. The number of carbonyl (C=O) groups is 2. The van der Waals surface area contributed by atoms with E-state index in [1.807, 2.05) is 0 Å². The highest BCUT2D eigenvalue weighted by atomic mass is 31.2. The minimum Gasteiger partial charge on any atom is -0.450 e. The topological polar surface area (TPSA) is 78.9 Å². The van der Waals surface area contributed by atoms with E-state index in [1.54, 1.807) is 20.8 Å². The summed E-state index contributed by atoms with van der Waals surface area (Å²) in [5.41, 5.74) is -0.717. The Morgan fingerprint density at radius 1 is 1.24 bits per heavy atom. The monoisotopic (exact) mass is 266 g/mol. The molecule has 0 aromatic carbocycles. The smallest absolute Gasteiger partial charge is 0.378 e. The molecule has 0 N–H and O–H groups in total. The third-order valence-corrected chi connectivity index (χ3v) is 2.99. The second kappa shape index (κ2) is 5.65. The van der Waals surface area contributed by atoms with E-state index in [1.165, 1.54) is 14.0 Å². The molecule has 0 aliphatic rings. The van der Waals surface area contributed by atoms with Crippen molar-refractivity contribution in [1.29, 1.82) is 0 Å². The first kappa shape index (κ1) is 16.1. The van der Waals surface area contributed by atoms with E-state index < -0.39 is 31.1 Å². The van der Waals surface area contributed by atoms with Gasteiger partial charge in [-0.05, 0) is 27.7 Å². The highest BCUT2D eigenvalue weighted by molar-refractivity contribution is 7.53. The molecule has 6 nitrogen and oxygen atoms in total. The summed E-state index contributed by atoms with van der Waals surface area (Å²) in [6.45, 7) is 7.48. The molecule has 0 radical (unpaired) electrons. The lowest BCUT2D eigenvalue weighted by Crippen LogP contribution is -2.31. The first-order chi connectivity index (χ1) is 7.49. The van der Waals surface area contributed by atoms with Gasteiger partial charge in [-0.25, -0.2) is 9.36 Å². The van der Waals surface area contributed by atoms with Crippen molar-refractivity contribution in [2.24, 2.45) is 5.41 Å². The molecule has 0 fully saturated rings. The Balaban J connectivity index is 4.44. The van der Waals surface area contributed by atoms with E-state index in [-0.39, 0.29) is 0 Å². The van der Waals surface area contributed by atoms with Gasteiger partial charge in [0.05, 0.1) is 5.41 Å². The Labute approximate surface area is 101 Å². The van der Waals surface area contributed by atoms with Crippen LogP contribution >= 0.6 is 7.60 Å². The van der Waals surface area contributed by atoms with Gasteiger partial charge in [0.25, 0.3) is 0 Å². The number of carbonyl (C=O) groups excluding carboxylic acids is 2. The van der Waals surface area contributed by atoms with Gasteiger partial charge in [0.15, 0.2) is 6.10 Å². The fourth-order valence-corrected chi connectivity index (χ4v) is 1.21. The standard InChI is InChI=1S/C10H19O6P/c1-7(15-9(12)10(2,3)4)8(11)16-17(6,13)14-5/h7H,1-6H3/t7-,17?/m0/s1. The van der Waals surface area contributed by atoms with Gasteiger partial charge in [-0.2, -0.15) is 0 Å². The second-order valence-electron chi connectivity index (χ2n) is 4.66. The van der Waals surface area contributed by atoms with Crippen molar-refractivity contribution < 1.29 is 27.9 Å². The molecule has 0 spiro atoms. The molecule has 0 bridgehead atoms. The zero-order chi connectivity index (χ0) is 13.9. The molecule has 0 aromatic rings. The molecular weight excluding hydrogens is 247 g/mol. The number of rotatable bonds is 4. The maximum Gasteiger partial charge on any atom is 0.378 e. The molecule has 0 saturated heterocycles. The summed E-state index contributed by atoms with van der Waals surface area (Å²) >= 11 is 0. The molecule has 17 heavy (non-hydrogen) atoms. The normalized spacial score (nSPS) is 16.8. The molecule has 7 heteroatoms. The van der Waals surface area contributed by atoms with E-state index in [0.717, 1.165) is 6.66 Å². The van der Waals surface area contributed by atoms with Gasteiger partial charge in [0.1, 0.15) is 0 Å². The Bertz CT molecular complexity index is 343. The summed E-state index contributed by atoms with van der Waals surface area (Å²) in [6, 6.07) is 0. The molecule has 0 aromatic heterocycles. The van der Waals surface area contributed by atoms with Gasteiger partial charge >= 0.3 is 19.5 Å². The van der Waals surface area contributed by atoms with Crippen molar-refractivity contribution in [2.75, 3.05) is 13.8 Å². The lowest BCUT2D eigenvalue weighted by molar-refractivity contribution is -0.167. The minimum absolute atomic E-state index is 0.537. The number of ether oxygens (including phenoxy) is 1. The Kier molecular flexibility index (Phi) is 5.36. The van der Waals surface area contributed by atoms with Crippen LogP contribution in [0.25, 0.3) is 0 Å². The van der Waals surface area contributed by atoms with Gasteiger partial charge in [0.2, 0.25) is 0 Å². The molecule has 0 aliphatic heterocycles. The van der Waals surface area contributed by atoms with E-state index in [9.17, 15) is 14.2 Å². The van der Waals surface area contributed by atoms with Crippen molar-refractivity contribution in [3.63, 3.8) is 0 Å². The van der Waals surface area contributed by atoms with Crippen LogP contribution in [0.2, 0.25) is 0 Å². The van der Waals surface area contributed by atoms with Gasteiger partial charge in [0, 0.05) is 13.8 Å². The van der Waals surface area contributed by atoms with Crippen LogP contribution in [0.5, 0.6) is 0 Å². The molecule has 100 valence electrons. The third kappa shape index (κ3) is 5.84. The predicted molar refractivity (Wildman–Crippen MR) is 61.6 cm³/mol. The summed E-state index contributed by atoms with van der Waals surface area (Å²) in [6.07, 6.45) is -1.12. The average molecular weight is 266 g/mol. The van der Waals surface area contributed by atoms with Crippen molar-refractivity contribution in [2.45, 2.75) is 33.8 Å². The van der Waals surface area contributed by atoms with Crippen LogP contribution in [0.1, 0.15) is 27.7 Å². The Hall–Kier alpha value is -0.870. The summed E-state index contributed by atoms with van der Waals surface area (Å²) < 4.78 is 25.3. The molecule has 0 amide bonds. The molecule has 1 unspecified atom stereocenters. The van der Waals surface area contributed by atoms with E-state index >= 15 is 0 Å². The SMILES string of the molecule is COP(C)(=O)OC(=O)[C@H](C)OC(=O)C(C)(C)C. The first-order valence-corrected chi connectivity index (χ1v) is 7.06. The highest BCUT2D eigenvalue weighted by Gasteiger charge is 2.30. The van der Waals surface area contributed by atoms with E-state index in [2.05, 4.69) is 9.05 Å². The van der Waals surface area contributed by atoms with Crippen LogP contribution in [-0.2, 0) is 27.9 Å². The number of hydrogen-bond donors (Lipinski definition) is 0. The molecule has 0 rings (SSSR count). The van der Waals surface area contributed by atoms with Crippen molar-refractivity contribution in [3.05, 3.63) is 0 Å². The quantitative estimate of drug-likeness (QED) is 0.571. The van der Waals surface area contributed by atoms with Crippen molar-refractivity contribution >= 4 is 19.5 Å². The minimum atomic E-state index is -3.41.